The Balaban J connectivity index is 1.30. The van der Waals surface area contributed by atoms with Gasteiger partial charge in [-0.1, -0.05) is 65.7 Å². The number of anilines is 1. The van der Waals surface area contributed by atoms with Crippen molar-refractivity contribution < 1.29 is 39.6 Å². The Bertz CT molecular complexity index is 2200. The van der Waals surface area contributed by atoms with Gasteiger partial charge in [-0.25, -0.2) is 14.0 Å². The number of carbonyl (C=O) groups excluding carboxylic acids is 1. The summed E-state index contributed by atoms with van der Waals surface area (Å²) in [7, 11) is -3.97. The van der Waals surface area contributed by atoms with E-state index in [1.807, 2.05) is 4.72 Å². The van der Waals surface area contributed by atoms with E-state index < -0.39 is 39.6 Å². The fraction of sp³-hybridized carbons (Fsp3) is 0.118. The van der Waals surface area contributed by atoms with E-state index in [0.29, 0.717) is 50.5 Å². The monoisotopic (exact) mass is 750 g/mol. The highest BCUT2D eigenvalue weighted by Crippen LogP contribution is 2.39. The van der Waals surface area contributed by atoms with Gasteiger partial charge in [0.05, 0.1) is 27.5 Å². The molecule has 0 bridgehead atoms. The molecule has 0 saturated carbocycles. The quantitative estimate of drug-likeness (QED) is 0.169. The third-order valence-corrected chi connectivity index (χ3v) is 9.62. The number of carbonyl (C=O) groups is 1. The van der Waals surface area contributed by atoms with E-state index in [9.17, 15) is 39.6 Å². The summed E-state index contributed by atoms with van der Waals surface area (Å²) in [6.45, 7) is -0.0585. The van der Waals surface area contributed by atoms with Crippen LogP contribution >= 0.6 is 23.2 Å². The lowest BCUT2D eigenvalue weighted by atomic mass is 9.98. The van der Waals surface area contributed by atoms with Crippen molar-refractivity contribution >= 4 is 57.2 Å². The normalized spacial score (nSPS) is 14.8. The highest BCUT2D eigenvalue weighted by molar-refractivity contribution is 7.92. The van der Waals surface area contributed by atoms with Crippen molar-refractivity contribution in [3.63, 3.8) is 0 Å². The Hall–Kier alpha value is -4.79. The largest absolute Gasteiger partial charge is 0.416 e. The zero-order chi connectivity index (χ0) is 36.0. The lowest BCUT2D eigenvalue weighted by molar-refractivity contribution is -0.143. The molecule has 2 heterocycles. The van der Waals surface area contributed by atoms with E-state index in [2.05, 4.69) is 0 Å². The Morgan fingerprint density at radius 3 is 2.00 bits per heavy atom. The summed E-state index contributed by atoms with van der Waals surface area (Å²) in [4.78, 5) is 16.4. The van der Waals surface area contributed by atoms with Crippen molar-refractivity contribution in [2.45, 2.75) is 18.9 Å². The smallest absolute Gasteiger partial charge is 0.326 e. The second-order valence-corrected chi connectivity index (χ2v) is 13.6. The maximum absolute atomic E-state index is 13.4. The fourth-order valence-corrected chi connectivity index (χ4v) is 6.89. The number of aromatic nitrogens is 2. The summed E-state index contributed by atoms with van der Waals surface area (Å²) >= 11 is 12.5. The molecule has 5 aromatic rings. The van der Waals surface area contributed by atoms with Crippen LogP contribution in [0.15, 0.2) is 91.1 Å². The number of rotatable bonds is 7. The molecule has 1 N–H and O–H groups in total. The molecule has 4 aromatic carbocycles. The fourth-order valence-electron chi connectivity index (χ4n) is 5.24. The van der Waals surface area contributed by atoms with E-state index >= 15 is 0 Å². The van der Waals surface area contributed by atoms with Gasteiger partial charge in [0, 0.05) is 23.3 Å². The van der Waals surface area contributed by atoms with Gasteiger partial charge in [0.25, 0.3) is 5.91 Å². The third kappa shape index (κ3) is 7.67. The van der Waals surface area contributed by atoms with Crippen molar-refractivity contribution in [1.29, 1.82) is 0 Å². The van der Waals surface area contributed by atoms with E-state index in [1.165, 1.54) is 12.1 Å². The molecule has 0 radical (unpaired) electrons. The molecule has 1 aromatic heterocycles. The number of hydrogen-bond donors (Lipinski definition) is 1. The summed E-state index contributed by atoms with van der Waals surface area (Å²) in [5.74, 6) is -0.179. The van der Waals surface area contributed by atoms with E-state index in [0.717, 1.165) is 9.87 Å². The zero-order valence-electron chi connectivity index (χ0n) is 25.2. The lowest BCUT2D eigenvalue weighted by Crippen LogP contribution is -2.29. The van der Waals surface area contributed by atoms with Crippen LogP contribution in [0.5, 0.6) is 0 Å². The van der Waals surface area contributed by atoms with Crippen LogP contribution in [0.4, 0.5) is 32.0 Å². The van der Waals surface area contributed by atoms with Gasteiger partial charge in [-0.3, -0.25) is 4.79 Å². The van der Waals surface area contributed by atoms with E-state index in [4.69, 9.17) is 28.2 Å². The van der Waals surface area contributed by atoms with Gasteiger partial charge >= 0.3 is 22.6 Å². The topological polar surface area (TPSA) is 84.3 Å². The van der Waals surface area contributed by atoms with Crippen molar-refractivity contribution in [1.82, 2.24) is 14.3 Å². The van der Waals surface area contributed by atoms with Crippen LogP contribution in [0.2, 0.25) is 10.0 Å². The molecule has 1 fully saturated rings. The van der Waals surface area contributed by atoms with Gasteiger partial charge in [0.15, 0.2) is 0 Å². The van der Waals surface area contributed by atoms with Gasteiger partial charge in [0.1, 0.15) is 12.4 Å². The molecule has 1 amide bonds. The van der Waals surface area contributed by atoms with Gasteiger partial charge in [0.2, 0.25) is 0 Å². The number of nitrogens with zero attached hydrogens (tertiary/aromatic N) is 3. The summed E-state index contributed by atoms with van der Waals surface area (Å²) < 4.78 is 109. The van der Waals surface area contributed by atoms with Crippen LogP contribution in [-0.2, 0) is 33.9 Å². The molecule has 258 valence electrons. The van der Waals surface area contributed by atoms with E-state index in [1.54, 1.807) is 77.5 Å². The molecule has 6 rings (SSSR count). The van der Waals surface area contributed by atoms with Gasteiger partial charge in [-0.05, 0) is 76.9 Å². The molecule has 1 saturated heterocycles. The van der Waals surface area contributed by atoms with Gasteiger partial charge in [-0.2, -0.15) is 34.8 Å². The first-order valence-electron chi connectivity index (χ1n) is 14.5. The number of halogens is 8. The molecule has 7 nitrogen and oxygen atoms in total. The number of amides is 1. The number of alkyl halides is 6. The third-order valence-electron chi connectivity index (χ3n) is 7.67. The summed E-state index contributed by atoms with van der Waals surface area (Å²) in [6.07, 6.45) is -4.83. The predicted molar refractivity (Wildman–Crippen MR) is 178 cm³/mol. The summed E-state index contributed by atoms with van der Waals surface area (Å²) in [5.41, 5.74) is -0.143. The highest BCUT2D eigenvalue weighted by Gasteiger charge is 2.37. The van der Waals surface area contributed by atoms with Crippen LogP contribution < -0.4 is 9.03 Å². The highest BCUT2D eigenvalue weighted by atomic mass is 35.5. The maximum atomic E-state index is 13.4. The van der Waals surface area contributed by atoms with Crippen molar-refractivity contribution in [3.8, 4) is 22.4 Å². The molecule has 0 unspecified atom stereocenters. The predicted octanol–water partition coefficient (Wildman–Crippen LogP) is 8.96. The summed E-state index contributed by atoms with van der Waals surface area (Å²) in [5, 5.41) is 0.786. The van der Waals surface area contributed by atoms with Crippen LogP contribution in [0.25, 0.3) is 34.5 Å². The maximum Gasteiger partial charge on any atom is 0.416 e. The molecular weight excluding hydrogens is 729 g/mol. The van der Waals surface area contributed by atoms with Crippen LogP contribution in [0.3, 0.4) is 0 Å². The average molecular weight is 752 g/mol. The number of nitrogens with one attached hydrogen (secondary N) is 1. The molecule has 0 atom stereocenters. The molecule has 0 spiro atoms. The Labute approximate surface area is 291 Å². The molecular formula is C34H22Cl2F6N4O3S. The van der Waals surface area contributed by atoms with Gasteiger partial charge < -0.3 is 4.57 Å². The van der Waals surface area contributed by atoms with Crippen LogP contribution in [0, 0.1) is 0 Å². The minimum Gasteiger partial charge on any atom is -0.326 e. The first kappa shape index (κ1) is 35.1. The zero-order valence-corrected chi connectivity index (χ0v) is 27.6. The molecule has 1 aliphatic rings. The number of hydrogen-bond acceptors (Lipinski definition) is 4. The van der Waals surface area contributed by atoms with Crippen molar-refractivity contribution in [3.05, 3.63) is 129 Å². The number of imidazole rings is 1. The lowest BCUT2D eigenvalue weighted by Gasteiger charge is -2.15. The Kier molecular flexibility index (Phi) is 9.22. The SMILES string of the molecule is O=C1CN(c2ccc(Cn3cc(-c4ccc(Cl)cc4Cl)nc3C=Cc3ccc(-c4cc(C(F)(F)F)cc(C(F)(F)F)c4)cc3)cc2)S(=O)(=O)N1. The van der Waals surface area contributed by atoms with Gasteiger partial charge in [-0.15, -0.1) is 0 Å². The number of benzene rings is 4. The standard InChI is InChI=1S/C34H22Cl2F6N4O3S/c35-26-8-11-28(29(36)16-26)30-18-45(17-21-3-9-27(10-4-21)46-19-32(47)44-50(46,48)49)31(43-30)12-5-20-1-6-22(7-2-20)23-13-24(33(37,38)39)15-25(14-23)34(40,41)42/h1-16,18H,17,19H2,(H,44,47). The second kappa shape index (κ2) is 13.2. The van der Waals surface area contributed by atoms with E-state index in [-0.39, 0.29) is 30.3 Å². The first-order valence-corrected chi connectivity index (χ1v) is 16.7. The average Bonchev–Trinajstić information content (AvgIpc) is 3.57. The molecule has 50 heavy (non-hydrogen) atoms. The van der Waals surface area contributed by atoms with Crippen molar-refractivity contribution in [2.24, 2.45) is 0 Å². The van der Waals surface area contributed by atoms with Crippen LogP contribution in [0.1, 0.15) is 28.1 Å². The Morgan fingerprint density at radius 2 is 1.44 bits per heavy atom. The Morgan fingerprint density at radius 1 is 0.800 bits per heavy atom. The second-order valence-electron chi connectivity index (χ2n) is 11.2. The summed E-state index contributed by atoms with van der Waals surface area (Å²) in [6, 6.07) is 18.9. The molecule has 0 aliphatic carbocycles. The van der Waals surface area contributed by atoms with Crippen LogP contribution in [-0.4, -0.2) is 30.4 Å². The minimum absolute atomic E-state index is 0.0835. The molecule has 1 aliphatic heterocycles. The molecule has 16 heteroatoms. The van der Waals surface area contributed by atoms with Crippen molar-refractivity contribution in [2.75, 3.05) is 10.8 Å². The minimum atomic E-state index is -4.97. The first-order chi connectivity index (χ1) is 23.5.